The molecule has 1 amide bonds. The molecule has 1 aliphatic rings. The summed E-state index contributed by atoms with van der Waals surface area (Å²) in [4.78, 5) is 23.5. The second-order valence-electron chi connectivity index (χ2n) is 5.39. The Morgan fingerprint density at radius 3 is 2.35 bits per heavy atom. The van der Waals surface area contributed by atoms with E-state index in [0.717, 1.165) is 19.1 Å². The summed E-state index contributed by atoms with van der Waals surface area (Å²) < 4.78 is 29.4. The fourth-order valence-corrected chi connectivity index (χ4v) is 3.23. The Hall–Kier alpha value is -1.93. The molecule has 1 fully saturated rings. The van der Waals surface area contributed by atoms with E-state index in [4.69, 9.17) is 4.74 Å². The second-order valence-corrected chi connectivity index (χ2v) is 7.32. The van der Waals surface area contributed by atoms with Crippen LogP contribution in [0.3, 0.4) is 0 Å². The second kappa shape index (κ2) is 7.10. The van der Waals surface area contributed by atoms with Crippen molar-refractivity contribution in [1.29, 1.82) is 0 Å². The number of ether oxygens (including phenoxy) is 1. The number of hydrogen-bond acceptors (Lipinski definition) is 5. The zero-order chi connectivity index (χ0) is 17.0. The molecule has 0 aromatic heterocycles. The first-order valence-corrected chi connectivity index (χ1v) is 9.20. The number of sulfonamides is 1. The predicted molar refractivity (Wildman–Crippen MR) is 85.6 cm³/mol. The number of benzene rings is 1. The van der Waals surface area contributed by atoms with Crippen LogP contribution >= 0.6 is 0 Å². The smallest absolute Gasteiger partial charge is 0.338 e. The highest BCUT2D eigenvalue weighted by Crippen LogP contribution is 2.28. The Morgan fingerprint density at radius 1 is 1.26 bits per heavy atom. The Labute approximate surface area is 135 Å². The SMILES string of the molecule is CCOC(=O)c1ccc(NC(=O)CN(C2CC2)S(C)(=O)=O)cc1. The van der Waals surface area contributed by atoms with E-state index in [1.54, 1.807) is 31.2 Å². The summed E-state index contributed by atoms with van der Waals surface area (Å²) in [5.74, 6) is -0.839. The van der Waals surface area contributed by atoms with Gasteiger partial charge in [0.05, 0.1) is 25.0 Å². The van der Waals surface area contributed by atoms with E-state index in [2.05, 4.69) is 5.32 Å². The number of carbonyl (C=O) groups is 2. The van der Waals surface area contributed by atoms with Crippen molar-refractivity contribution in [2.45, 2.75) is 25.8 Å². The minimum Gasteiger partial charge on any atom is -0.462 e. The molecule has 7 nitrogen and oxygen atoms in total. The van der Waals surface area contributed by atoms with E-state index in [-0.39, 0.29) is 12.6 Å². The van der Waals surface area contributed by atoms with Gasteiger partial charge >= 0.3 is 5.97 Å². The van der Waals surface area contributed by atoms with Crippen LogP contribution in [0.2, 0.25) is 0 Å². The Bertz CT molecular complexity index is 680. The molecule has 23 heavy (non-hydrogen) atoms. The molecule has 1 aliphatic carbocycles. The Morgan fingerprint density at radius 2 is 1.87 bits per heavy atom. The number of hydrogen-bond donors (Lipinski definition) is 1. The van der Waals surface area contributed by atoms with Gasteiger partial charge in [0.1, 0.15) is 0 Å². The van der Waals surface area contributed by atoms with Gasteiger partial charge in [-0.25, -0.2) is 13.2 Å². The molecule has 1 N–H and O–H groups in total. The summed E-state index contributed by atoms with van der Waals surface area (Å²) >= 11 is 0. The van der Waals surface area contributed by atoms with Crippen LogP contribution < -0.4 is 5.32 Å². The van der Waals surface area contributed by atoms with Crippen molar-refractivity contribution in [2.24, 2.45) is 0 Å². The molecule has 0 atom stereocenters. The maximum Gasteiger partial charge on any atom is 0.338 e. The van der Waals surface area contributed by atoms with E-state index in [1.165, 1.54) is 4.31 Å². The summed E-state index contributed by atoms with van der Waals surface area (Å²) in [6.45, 7) is 1.81. The minimum atomic E-state index is -3.40. The zero-order valence-corrected chi connectivity index (χ0v) is 13.9. The molecule has 0 unspecified atom stereocenters. The van der Waals surface area contributed by atoms with Gasteiger partial charge in [-0.05, 0) is 44.0 Å². The van der Waals surface area contributed by atoms with Crippen molar-refractivity contribution in [3.8, 4) is 0 Å². The third-order valence-electron chi connectivity index (χ3n) is 3.36. The number of nitrogens with zero attached hydrogens (tertiary/aromatic N) is 1. The zero-order valence-electron chi connectivity index (χ0n) is 13.1. The fourth-order valence-electron chi connectivity index (χ4n) is 2.13. The van der Waals surface area contributed by atoms with Gasteiger partial charge in [-0.3, -0.25) is 4.79 Å². The number of esters is 1. The van der Waals surface area contributed by atoms with Crippen LogP contribution in [0, 0.1) is 0 Å². The van der Waals surface area contributed by atoms with E-state index in [0.29, 0.717) is 17.9 Å². The largest absolute Gasteiger partial charge is 0.462 e. The number of amides is 1. The van der Waals surface area contributed by atoms with Gasteiger partial charge in [0.25, 0.3) is 0 Å². The summed E-state index contributed by atoms with van der Waals surface area (Å²) in [7, 11) is -3.40. The number of nitrogens with one attached hydrogen (secondary N) is 1. The average Bonchev–Trinajstić information content (AvgIpc) is 3.29. The molecule has 126 valence electrons. The van der Waals surface area contributed by atoms with Crippen molar-refractivity contribution in [1.82, 2.24) is 4.31 Å². The monoisotopic (exact) mass is 340 g/mol. The molecule has 0 aliphatic heterocycles. The molecule has 1 aromatic carbocycles. The predicted octanol–water partition coefficient (Wildman–Crippen LogP) is 1.23. The third-order valence-corrected chi connectivity index (χ3v) is 4.64. The molecule has 0 radical (unpaired) electrons. The van der Waals surface area contributed by atoms with Crippen molar-refractivity contribution in [3.05, 3.63) is 29.8 Å². The molecule has 8 heteroatoms. The molecule has 1 saturated carbocycles. The Kier molecular flexibility index (Phi) is 5.38. The highest BCUT2D eigenvalue weighted by Gasteiger charge is 2.36. The van der Waals surface area contributed by atoms with Crippen LogP contribution in [0.5, 0.6) is 0 Å². The molecule has 0 bridgehead atoms. The van der Waals surface area contributed by atoms with Crippen LogP contribution in [-0.4, -0.2) is 50.0 Å². The first kappa shape index (κ1) is 17.4. The highest BCUT2D eigenvalue weighted by atomic mass is 32.2. The average molecular weight is 340 g/mol. The van der Waals surface area contributed by atoms with Gasteiger partial charge in [-0.1, -0.05) is 0 Å². The van der Waals surface area contributed by atoms with E-state index in [1.807, 2.05) is 0 Å². The fraction of sp³-hybridized carbons (Fsp3) is 0.467. The lowest BCUT2D eigenvalue weighted by Crippen LogP contribution is -2.38. The standard InChI is InChI=1S/C15H20N2O5S/c1-3-22-15(19)11-4-6-12(7-5-11)16-14(18)10-17(13-8-9-13)23(2,20)21/h4-7,13H,3,8-10H2,1-2H3,(H,16,18). The third kappa shape index (κ3) is 5.04. The van der Waals surface area contributed by atoms with Gasteiger partial charge in [0.15, 0.2) is 0 Å². The van der Waals surface area contributed by atoms with Gasteiger partial charge in [0.2, 0.25) is 15.9 Å². The Balaban J connectivity index is 1.96. The molecule has 1 aromatic rings. The van der Waals surface area contributed by atoms with E-state index in [9.17, 15) is 18.0 Å². The van der Waals surface area contributed by atoms with Crippen molar-refractivity contribution in [3.63, 3.8) is 0 Å². The molecule has 2 rings (SSSR count). The lowest BCUT2D eigenvalue weighted by molar-refractivity contribution is -0.116. The first-order valence-electron chi connectivity index (χ1n) is 7.35. The normalized spacial score (nSPS) is 14.6. The van der Waals surface area contributed by atoms with Crippen LogP contribution in [0.15, 0.2) is 24.3 Å². The maximum absolute atomic E-state index is 12.0. The maximum atomic E-state index is 12.0. The molecule has 0 saturated heterocycles. The lowest BCUT2D eigenvalue weighted by atomic mass is 10.2. The van der Waals surface area contributed by atoms with Crippen molar-refractivity contribution >= 4 is 27.6 Å². The van der Waals surface area contributed by atoms with Crippen LogP contribution in [0.4, 0.5) is 5.69 Å². The molecule has 0 heterocycles. The highest BCUT2D eigenvalue weighted by molar-refractivity contribution is 7.88. The molecular weight excluding hydrogens is 320 g/mol. The van der Waals surface area contributed by atoms with Crippen molar-refractivity contribution < 1.29 is 22.7 Å². The van der Waals surface area contributed by atoms with Gasteiger partial charge in [-0.15, -0.1) is 0 Å². The molecule has 0 spiro atoms. The summed E-state index contributed by atoms with van der Waals surface area (Å²) in [6, 6.07) is 6.17. The van der Waals surface area contributed by atoms with Gasteiger partial charge < -0.3 is 10.1 Å². The van der Waals surface area contributed by atoms with Crippen LogP contribution in [0.25, 0.3) is 0 Å². The topological polar surface area (TPSA) is 92.8 Å². The summed E-state index contributed by atoms with van der Waals surface area (Å²) in [5.41, 5.74) is 0.882. The quantitative estimate of drug-likeness (QED) is 0.754. The number of anilines is 1. The van der Waals surface area contributed by atoms with E-state index < -0.39 is 21.9 Å². The van der Waals surface area contributed by atoms with Crippen molar-refractivity contribution in [2.75, 3.05) is 24.7 Å². The number of carbonyl (C=O) groups excluding carboxylic acids is 2. The van der Waals surface area contributed by atoms with Crippen LogP contribution in [-0.2, 0) is 19.6 Å². The lowest BCUT2D eigenvalue weighted by Gasteiger charge is -2.18. The molecular formula is C15H20N2O5S. The summed E-state index contributed by atoms with van der Waals surface area (Å²) in [5, 5.41) is 2.63. The minimum absolute atomic E-state index is 0.0676. The van der Waals surface area contributed by atoms with Crippen LogP contribution in [0.1, 0.15) is 30.1 Å². The number of rotatable bonds is 7. The summed E-state index contributed by atoms with van der Waals surface area (Å²) in [6.07, 6.45) is 2.68. The van der Waals surface area contributed by atoms with Gasteiger partial charge in [-0.2, -0.15) is 4.31 Å². The van der Waals surface area contributed by atoms with Gasteiger partial charge in [0, 0.05) is 11.7 Å². The van der Waals surface area contributed by atoms with E-state index >= 15 is 0 Å². The first-order chi connectivity index (χ1) is 10.8.